The first-order valence-corrected chi connectivity index (χ1v) is 7.86. The molecular weight excluding hydrogens is 286 g/mol. The lowest BCUT2D eigenvalue weighted by atomic mass is 9.77. The summed E-state index contributed by atoms with van der Waals surface area (Å²) in [6, 6.07) is 3.98. The van der Waals surface area contributed by atoms with Crippen LogP contribution < -0.4 is 10.2 Å². The van der Waals surface area contributed by atoms with Crippen LogP contribution in [0.3, 0.4) is 0 Å². The van der Waals surface area contributed by atoms with Crippen LogP contribution in [0.4, 0.5) is 0 Å². The van der Waals surface area contributed by atoms with Gasteiger partial charge in [-0.05, 0) is 58.1 Å². The molecule has 21 heavy (non-hydrogen) atoms. The van der Waals surface area contributed by atoms with E-state index >= 15 is 0 Å². The van der Waals surface area contributed by atoms with Gasteiger partial charge in [-0.15, -0.1) is 0 Å². The molecule has 1 saturated carbocycles. The van der Waals surface area contributed by atoms with Crippen molar-refractivity contribution in [3.63, 3.8) is 0 Å². The largest absolute Gasteiger partial charge is 0.496 e. The number of benzene rings is 1. The Kier molecular flexibility index (Phi) is 3.55. The Morgan fingerprint density at radius 1 is 1.14 bits per heavy atom. The summed E-state index contributed by atoms with van der Waals surface area (Å²) in [7, 11) is 1.26. The van der Waals surface area contributed by atoms with Crippen molar-refractivity contribution in [2.45, 2.75) is 57.7 Å². The minimum absolute atomic E-state index is 0.360. The number of methoxy groups -OCH3 is 1. The van der Waals surface area contributed by atoms with Gasteiger partial charge in [0.2, 0.25) is 0 Å². The van der Waals surface area contributed by atoms with Crippen molar-refractivity contribution in [3.05, 3.63) is 22.7 Å². The van der Waals surface area contributed by atoms with Gasteiger partial charge >= 0.3 is 7.12 Å². The molecule has 2 fully saturated rings. The standard InChI is InChI=1S/C16H22BClO3/c1-15(2)16(3,4)21-17(20-15)12-8-11(10-6-7-10)14(19-5)9-13(12)18/h8-10H,6-7H2,1-5H3. The molecule has 0 N–H and O–H groups in total. The van der Waals surface area contributed by atoms with Crippen molar-refractivity contribution in [1.82, 2.24) is 0 Å². The lowest BCUT2D eigenvalue weighted by Crippen LogP contribution is -2.41. The van der Waals surface area contributed by atoms with E-state index in [9.17, 15) is 0 Å². The first-order chi connectivity index (χ1) is 9.75. The van der Waals surface area contributed by atoms with Crippen molar-refractivity contribution in [3.8, 4) is 5.75 Å². The molecule has 0 radical (unpaired) electrons. The molecule has 1 aromatic rings. The molecule has 3 rings (SSSR count). The zero-order valence-corrected chi connectivity index (χ0v) is 14.1. The smallest absolute Gasteiger partial charge is 0.496 e. The van der Waals surface area contributed by atoms with Crippen LogP contribution in [0, 0.1) is 0 Å². The summed E-state index contributed by atoms with van der Waals surface area (Å²) in [5.41, 5.74) is 1.39. The van der Waals surface area contributed by atoms with Gasteiger partial charge in [-0.1, -0.05) is 17.7 Å². The van der Waals surface area contributed by atoms with Crippen molar-refractivity contribution in [2.24, 2.45) is 0 Å². The van der Waals surface area contributed by atoms with E-state index in [-0.39, 0.29) is 11.2 Å². The predicted molar refractivity (Wildman–Crippen MR) is 85.7 cm³/mol. The number of ether oxygens (including phenoxy) is 1. The van der Waals surface area contributed by atoms with Crippen LogP contribution in [0.25, 0.3) is 0 Å². The van der Waals surface area contributed by atoms with Crippen LogP contribution in [0.5, 0.6) is 5.75 Å². The number of hydrogen-bond donors (Lipinski definition) is 0. The second-order valence-corrected chi connectivity index (χ2v) is 7.39. The SMILES string of the molecule is COc1cc(Cl)c(B2OC(C)(C)C(C)(C)O2)cc1C1CC1. The van der Waals surface area contributed by atoms with Crippen molar-refractivity contribution < 1.29 is 14.0 Å². The van der Waals surface area contributed by atoms with E-state index in [1.54, 1.807) is 7.11 Å². The molecule has 5 heteroatoms. The normalized spacial score (nSPS) is 23.4. The molecule has 1 aliphatic carbocycles. The summed E-state index contributed by atoms with van der Waals surface area (Å²) in [4.78, 5) is 0. The summed E-state index contributed by atoms with van der Waals surface area (Å²) < 4.78 is 17.7. The van der Waals surface area contributed by atoms with Gasteiger partial charge in [0, 0.05) is 10.5 Å². The predicted octanol–water partition coefficient (Wildman–Crippen LogP) is 3.53. The maximum atomic E-state index is 6.43. The molecule has 0 aromatic heterocycles. The van der Waals surface area contributed by atoms with E-state index < -0.39 is 7.12 Å². The summed E-state index contributed by atoms with van der Waals surface area (Å²) in [6.45, 7) is 8.19. The number of hydrogen-bond acceptors (Lipinski definition) is 3. The van der Waals surface area contributed by atoms with Gasteiger partial charge in [-0.2, -0.15) is 0 Å². The molecule has 114 valence electrons. The first kappa shape index (κ1) is 15.2. The molecule has 1 aliphatic heterocycles. The van der Waals surface area contributed by atoms with Gasteiger partial charge in [-0.3, -0.25) is 0 Å². The average molecular weight is 309 g/mol. The minimum atomic E-state index is -0.425. The highest BCUT2D eigenvalue weighted by atomic mass is 35.5. The van der Waals surface area contributed by atoms with Crippen LogP contribution in [0.1, 0.15) is 52.0 Å². The maximum Gasteiger partial charge on any atom is 0.496 e. The molecule has 0 amide bonds. The van der Waals surface area contributed by atoms with Gasteiger partial charge in [-0.25, -0.2) is 0 Å². The van der Waals surface area contributed by atoms with Crippen LogP contribution in [-0.2, 0) is 9.31 Å². The average Bonchev–Trinajstić information content (AvgIpc) is 3.17. The van der Waals surface area contributed by atoms with Gasteiger partial charge < -0.3 is 14.0 Å². The van der Waals surface area contributed by atoms with Gasteiger partial charge in [0.25, 0.3) is 0 Å². The Labute approximate surface area is 132 Å². The molecular formula is C16H22BClO3. The Balaban J connectivity index is 1.98. The minimum Gasteiger partial charge on any atom is -0.496 e. The number of rotatable bonds is 3. The third kappa shape index (κ3) is 2.58. The zero-order chi connectivity index (χ0) is 15.4. The van der Waals surface area contributed by atoms with E-state index in [1.807, 2.05) is 33.8 Å². The topological polar surface area (TPSA) is 27.7 Å². The summed E-state index contributed by atoms with van der Waals surface area (Å²) in [6.07, 6.45) is 2.42. The molecule has 0 atom stereocenters. The van der Waals surface area contributed by atoms with E-state index in [2.05, 4.69) is 6.07 Å². The summed E-state index contributed by atoms with van der Waals surface area (Å²) >= 11 is 6.43. The Bertz CT molecular complexity index is 551. The zero-order valence-electron chi connectivity index (χ0n) is 13.3. The molecule has 1 saturated heterocycles. The van der Waals surface area contributed by atoms with Crippen LogP contribution in [-0.4, -0.2) is 25.4 Å². The third-order valence-electron chi connectivity index (χ3n) is 4.87. The number of halogens is 1. The lowest BCUT2D eigenvalue weighted by molar-refractivity contribution is 0.00578. The van der Waals surface area contributed by atoms with E-state index in [0.29, 0.717) is 10.9 Å². The van der Waals surface area contributed by atoms with E-state index in [4.69, 9.17) is 25.6 Å². The van der Waals surface area contributed by atoms with Gasteiger partial charge in [0.15, 0.2) is 0 Å². The van der Waals surface area contributed by atoms with Crippen LogP contribution >= 0.6 is 11.6 Å². The molecule has 3 nitrogen and oxygen atoms in total. The third-order valence-corrected chi connectivity index (χ3v) is 5.20. The Hall–Kier alpha value is -0.705. The van der Waals surface area contributed by atoms with Gasteiger partial charge in [0.1, 0.15) is 5.75 Å². The molecule has 2 aliphatic rings. The highest BCUT2D eigenvalue weighted by molar-refractivity contribution is 6.65. The second kappa shape index (κ2) is 4.90. The molecule has 0 unspecified atom stereocenters. The van der Waals surface area contributed by atoms with Crippen molar-refractivity contribution in [1.29, 1.82) is 0 Å². The first-order valence-electron chi connectivity index (χ1n) is 7.48. The van der Waals surface area contributed by atoms with Crippen molar-refractivity contribution >= 4 is 24.2 Å². The fourth-order valence-corrected chi connectivity index (χ4v) is 2.87. The Morgan fingerprint density at radius 2 is 1.71 bits per heavy atom. The fraction of sp³-hybridized carbons (Fsp3) is 0.625. The van der Waals surface area contributed by atoms with Gasteiger partial charge in [0.05, 0.1) is 18.3 Å². The van der Waals surface area contributed by atoms with E-state index in [0.717, 1.165) is 11.2 Å². The van der Waals surface area contributed by atoms with Crippen LogP contribution in [0.15, 0.2) is 12.1 Å². The monoisotopic (exact) mass is 308 g/mol. The summed E-state index contributed by atoms with van der Waals surface area (Å²) in [5, 5.41) is 0.634. The lowest BCUT2D eigenvalue weighted by Gasteiger charge is -2.32. The molecule has 0 spiro atoms. The van der Waals surface area contributed by atoms with Crippen LogP contribution in [0.2, 0.25) is 5.02 Å². The molecule has 1 heterocycles. The fourth-order valence-electron chi connectivity index (χ4n) is 2.63. The molecule has 1 aromatic carbocycles. The van der Waals surface area contributed by atoms with Crippen molar-refractivity contribution in [2.75, 3.05) is 7.11 Å². The Morgan fingerprint density at radius 3 is 2.19 bits per heavy atom. The highest BCUT2D eigenvalue weighted by Gasteiger charge is 2.52. The highest BCUT2D eigenvalue weighted by Crippen LogP contribution is 2.45. The molecule has 0 bridgehead atoms. The maximum absolute atomic E-state index is 6.43. The quantitative estimate of drug-likeness (QED) is 0.800. The van der Waals surface area contributed by atoms with E-state index in [1.165, 1.54) is 18.4 Å². The second-order valence-electron chi connectivity index (χ2n) is 6.98. The summed E-state index contributed by atoms with van der Waals surface area (Å²) in [5.74, 6) is 1.45.